The normalized spacial score (nSPS) is 14.8. The fourth-order valence-electron chi connectivity index (χ4n) is 2.62. The molecule has 0 atom stereocenters. The first kappa shape index (κ1) is 23.2. The van der Waals surface area contributed by atoms with Gasteiger partial charge in [0.25, 0.3) is 0 Å². The van der Waals surface area contributed by atoms with Crippen molar-refractivity contribution >= 4 is 23.5 Å². The van der Waals surface area contributed by atoms with E-state index in [1.807, 2.05) is 18.2 Å². The van der Waals surface area contributed by atoms with E-state index in [-0.39, 0.29) is 5.41 Å². The molecule has 0 radical (unpaired) electrons. The lowest BCUT2D eigenvalue weighted by Gasteiger charge is -2.27. The number of rotatable bonds is 5. The number of carboxylic acid groups (broad SMARTS) is 2. The summed E-state index contributed by atoms with van der Waals surface area (Å²) in [5.74, 6) is -2.68. The molecule has 0 saturated carbocycles. The average molecular weight is 401 g/mol. The molecule has 1 aliphatic rings. The Morgan fingerprint density at radius 3 is 2.30 bits per heavy atom. The molecule has 152 valence electrons. The molecule has 0 bridgehead atoms. The lowest BCUT2D eigenvalue weighted by Crippen LogP contribution is -2.44. The molecule has 1 aromatic rings. The minimum atomic E-state index is -1.82. The Morgan fingerprint density at radius 1 is 1.19 bits per heavy atom. The van der Waals surface area contributed by atoms with Gasteiger partial charge in [-0.3, -0.25) is 0 Å². The highest BCUT2D eigenvalue weighted by atomic mass is 35.5. The summed E-state index contributed by atoms with van der Waals surface area (Å²) in [6.07, 6.45) is 1.06. The number of carboxylic acids is 2. The molecule has 27 heavy (non-hydrogen) atoms. The predicted molar refractivity (Wildman–Crippen MR) is 105 cm³/mol. The number of halogens is 1. The molecule has 1 aromatic carbocycles. The number of ether oxygens (including phenoxy) is 1. The fraction of sp³-hybridized carbons (Fsp3) is 0.579. The Hall–Kier alpha value is -1.83. The molecule has 0 amide bonds. The third-order valence-electron chi connectivity index (χ3n) is 4.02. The lowest BCUT2D eigenvalue weighted by atomic mass is 9.86. The van der Waals surface area contributed by atoms with Gasteiger partial charge < -0.3 is 25.2 Å². The first-order chi connectivity index (χ1) is 12.6. The predicted octanol–water partition coefficient (Wildman–Crippen LogP) is 2.47. The van der Waals surface area contributed by atoms with Crippen LogP contribution < -0.4 is 10.1 Å². The van der Waals surface area contributed by atoms with E-state index in [4.69, 9.17) is 36.1 Å². The number of aliphatic carboxylic acids is 2. The number of nitrogens with one attached hydrogen (secondary N) is 1. The van der Waals surface area contributed by atoms with Crippen LogP contribution in [0.4, 0.5) is 0 Å². The number of nitrogens with zero attached hydrogens (tertiary/aromatic N) is 1. The highest BCUT2D eigenvalue weighted by molar-refractivity contribution is 6.30. The second-order valence-corrected chi connectivity index (χ2v) is 7.73. The van der Waals surface area contributed by atoms with E-state index in [9.17, 15) is 0 Å². The van der Waals surface area contributed by atoms with E-state index in [0.717, 1.165) is 56.5 Å². The molecule has 1 fully saturated rings. The van der Waals surface area contributed by atoms with Gasteiger partial charge in [-0.25, -0.2) is 9.59 Å². The summed E-state index contributed by atoms with van der Waals surface area (Å²) in [5.41, 5.74) is 1.22. The molecule has 0 unspecified atom stereocenters. The molecular weight excluding hydrogens is 372 g/mol. The van der Waals surface area contributed by atoms with Crippen molar-refractivity contribution in [1.29, 1.82) is 0 Å². The summed E-state index contributed by atoms with van der Waals surface area (Å²) < 4.78 is 6.01. The summed E-state index contributed by atoms with van der Waals surface area (Å²) in [7, 11) is 0. The molecule has 8 heteroatoms. The van der Waals surface area contributed by atoms with Crippen molar-refractivity contribution in [2.75, 3.05) is 39.3 Å². The summed E-state index contributed by atoms with van der Waals surface area (Å²) in [6.45, 7) is 12.9. The van der Waals surface area contributed by atoms with Gasteiger partial charge in [0, 0.05) is 43.3 Å². The maximum Gasteiger partial charge on any atom is 0.414 e. The molecule has 7 nitrogen and oxygen atoms in total. The Balaban J connectivity index is 0.000000527. The van der Waals surface area contributed by atoms with Gasteiger partial charge in [-0.2, -0.15) is 0 Å². The van der Waals surface area contributed by atoms with Crippen LogP contribution in [-0.2, 0) is 15.0 Å². The lowest BCUT2D eigenvalue weighted by molar-refractivity contribution is -0.159. The van der Waals surface area contributed by atoms with Crippen molar-refractivity contribution in [3.05, 3.63) is 28.8 Å². The van der Waals surface area contributed by atoms with Crippen LogP contribution in [0.3, 0.4) is 0 Å². The zero-order valence-electron chi connectivity index (χ0n) is 16.1. The van der Waals surface area contributed by atoms with Gasteiger partial charge in [-0.05, 0) is 30.0 Å². The first-order valence-corrected chi connectivity index (χ1v) is 9.31. The molecular formula is C19H29ClN2O5. The van der Waals surface area contributed by atoms with Gasteiger partial charge in [0.15, 0.2) is 0 Å². The summed E-state index contributed by atoms with van der Waals surface area (Å²) in [5, 5.41) is 18.9. The Bertz CT molecular complexity index is 613. The van der Waals surface area contributed by atoms with Crippen molar-refractivity contribution in [2.24, 2.45) is 0 Å². The van der Waals surface area contributed by atoms with E-state index >= 15 is 0 Å². The van der Waals surface area contributed by atoms with Crippen LogP contribution in [0.25, 0.3) is 0 Å². The summed E-state index contributed by atoms with van der Waals surface area (Å²) in [4.78, 5) is 20.7. The molecule has 1 saturated heterocycles. The van der Waals surface area contributed by atoms with Crippen LogP contribution in [-0.4, -0.2) is 66.4 Å². The molecule has 0 spiro atoms. The van der Waals surface area contributed by atoms with Crippen molar-refractivity contribution in [2.45, 2.75) is 32.6 Å². The Labute approximate surface area is 165 Å². The maximum absolute atomic E-state index is 9.10. The molecule has 1 heterocycles. The molecule has 0 aliphatic carbocycles. The van der Waals surface area contributed by atoms with E-state index in [2.05, 4.69) is 31.0 Å². The van der Waals surface area contributed by atoms with E-state index in [1.165, 1.54) is 5.56 Å². The second kappa shape index (κ2) is 11.1. The average Bonchev–Trinajstić information content (AvgIpc) is 2.60. The van der Waals surface area contributed by atoms with Crippen molar-refractivity contribution in [1.82, 2.24) is 10.2 Å². The van der Waals surface area contributed by atoms with Crippen LogP contribution in [0.2, 0.25) is 5.02 Å². The molecule has 1 aliphatic heterocycles. The largest absolute Gasteiger partial charge is 0.493 e. The number of benzene rings is 1. The zero-order valence-corrected chi connectivity index (χ0v) is 16.9. The monoisotopic (exact) mass is 400 g/mol. The van der Waals surface area contributed by atoms with E-state index < -0.39 is 11.9 Å². The fourth-order valence-corrected chi connectivity index (χ4v) is 2.79. The van der Waals surface area contributed by atoms with Gasteiger partial charge >= 0.3 is 11.9 Å². The van der Waals surface area contributed by atoms with Crippen LogP contribution >= 0.6 is 11.6 Å². The SMILES string of the molecule is CC(C)(C)c1cc(Cl)ccc1OCCCN1CCNCC1.O=C(O)C(=O)O. The van der Waals surface area contributed by atoms with Crippen LogP contribution in [0.15, 0.2) is 18.2 Å². The minimum Gasteiger partial charge on any atom is -0.493 e. The van der Waals surface area contributed by atoms with Crippen molar-refractivity contribution in [3.63, 3.8) is 0 Å². The zero-order chi connectivity index (χ0) is 20.4. The van der Waals surface area contributed by atoms with Crippen LogP contribution in [0.1, 0.15) is 32.8 Å². The van der Waals surface area contributed by atoms with Crippen LogP contribution in [0, 0.1) is 0 Å². The Morgan fingerprint density at radius 2 is 1.78 bits per heavy atom. The van der Waals surface area contributed by atoms with Gasteiger partial charge in [-0.1, -0.05) is 32.4 Å². The third-order valence-corrected chi connectivity index (χ3v) is 4.25. The number of piperazine rings is 1. The number of carbonyl (C=O) groups is 2. The summed E-state index contributed by atoms with van der Waals surface area (Å²) >= 11 is 6.12. The molecule has 3 N–H and O–H groups in total. The van der Waals surface area contributed by atoms with Gasteiger partial charge in [0.2, 0.25) is 0 Å². The maximum atomic E-state index is 9.10. The molecule has 2 rings (SSSR count). The first-order valence-electron chi connectivity index (χ1n) is 8.93. The van der Waals surface area contributed by atoms with Gasteiger partial charge in [-0.15, -0.1) is 0 Å². The highest BCUT2D eigenvalue weighted by Crippen LogP contribution is 2.33. The Kier molecular flexibility index (Phi) is 9.55. The van der Waals surface area contributed by atoms with Gasteiger partial charge in [0.1, 0.15) is 5.75 Å². The van der Waals surface area contributed by atoms with Crippen molar-refractivity contribution < 1.29 is 24.5 Å². The number of hydrogen-bond acceptors (Lipinski definition) is 5. The summed E-state index contributed by atoms with van der Waals surface area (Å²) in [6, 6.07) is 5.92. The standard InChI is InChI=1S/C17H27ClN2O.C2H2O4/c1-17(2,3)15-13-14(18)5-6-16(15)21-12-4-9-20-10-7-19-8-11-20;3-1(4)2(5)6/h5-6,13,19H,4,7-12H2,1-3H3;(H,3,4)(H,5,6). The topological polar surface area (TPSA) is 99.1 Å². The molecule has 0 aromatic heterocycles. The number of hydrogen-bond donors (Lipinski definition) is 3. The van der Waals surface area contributed by atoms with E-state index in [1.54, 1.807) is 0 Å². The minimum absolute atomic E-state index is 0.0404. The van der Waals surface area contributed by atoms with E-state index in [0.29, 0.717) is 0 Å². The second-order valence-electron chi connectivity index (χ2n) is 7.29. The third kappa shape index (κ3) is 9.08. The quantitative estimate of drug-likeness (QED) is 0.515. The van der Waals surface area contributed by atoms with Gasteiger partial charge in [0.05, 0.1) is 6.61 Å². The highest BCUT2D eigenvalue weighted by Gasteiger charge is 2.19. The van der Waals surface area contributed by atoms with Crippen molar-refractivity contribution in [3.8, 4) is 5.75 Å². The van der Waals surface area contributed by atoms with Crippen LogP contribution in [0.5, 0.6) is 5.75 Å². The smallest absolute Gasteiger partial charge is 0.414 e.